The van der Waals surface area contributed by atoms with Gasteiger partial charge in [0.25, 0.3) is 5.91 Å². The van der Waals surface area contributed by atoms with E-state index in [1.165, 1.54) is 5.69 Å². The highest BCUT2D eigenvalue weighted by atomic mass is 16.2. The van der Waals surface area contributed by atoms with E-state index < -0.39 is 0 Å². The summed E-state index contributed by atoms with van der Waals surface area (Å²) in [7, 11) is 2.14. The number of likely N-dealkylation sites (N-methyl/N-ethyl adjacent to an activating group) is 1. The molecule has 2 aromatic rings. The van der Waals surface area contributed by atoms with Crippen LogP contribution in [0.2, 0.25) is 0 Å². The summed E-state index contributed by atoms with van der Waals surface area (Å²) in [4.78, 5) is 29.1. The Hall–Kier alpha value is -3.06. The summed E-state index contributed by atoms with van der Waals surface area (Å²) in [5.41, 5.74) is 3.49. The molecule has 1 aliphatic heterocycles. The highest BCUT2D eigenvalue weighted by molar-refractivity contribution is 5.95. The summed E-state index contributed by atoms with van der Waals surface area (Å²) in [5, 5.41) is 8.53. The lowest BCUT2D eigenvalue weighted by Gasteiger charge is -2.35. The molecule has 1 fully saturated rings. The van der Waals surface area contributed by atoms with Crippen molar-refractivity contribution in [3.63, 3.8) is 0 Å². The third kappa shape index (κ3) is 5.97. The fourth-order valence-electron chi connectivity index (χ4n) is 3.43. The van der Waals surface area contributed by atoms with Gasteiger partial charge in [0, 0.05) is 55.7 Å². The first-order valence-corrected chi connectivity index (χ1v) is 10.4. The average Bonchev–Trinajstić information content (AvgIpc) is 2.73. The zero-order valence-electron chi connectivity index (χ0n) is 17.9. The molecular formula is C23H31N5O2. The standard InChI is InChI=1S/C23H31N5O2/c1-17(2)25-23(30)26-20-10-8-18(9-11-20)22(29)24-16-19-6-4-5-7-21(19)28-14-12-27(3)13-15-28/h4-11,17H,12-16H2,1-3H3,(H,24,29)(H2,25,26,30). The van der Waals surface area contributed by atoms with E-state index in [-0.39, 0.29) is 18.0 Å². The number of piperazine rings is 1. The molecule has 0 aromatic heterocycles. The van der Waals surface area contributed by atoms with Crippen LogP contribution < -0.4 is 20.9 Å². The molecule has 0 bridgehead atoms. The molecule has 0 saturated carbocycles. The fourth-order valence-corrected chi connectivity index (χ4v) is 3.43. The summed E-state index contributed by atoms with van der Waals surface area (Å²) >= 11 is 0. The first-order chi connectivity index (χ1) is 14.4. The van der Waals surface area contributed by atoms with Crippen LogP contribution in [0, 0.1) is 0 Å². The van der Waals surface area contributed by atoms with Gasteiger partial charge in [0.2, 0.25) is 0 Å². The zero-order valence-corrected chi connectivity index (χ0v) is 17.9. The molecule has 0 radical (unpaired) electrons. The number of urea groups is 1. The van der Waals surface area contributed by atoms with Crippen LogP contribution in [0.5, 0.6) is 0 Å². The van der Waals surface area contributed by atoms with Gasteiger partial charge in [0.15, 0.2) is 0 Å². The predicted molar refractivity (Wildman–Crippen MR) is 121 cm³/mol. The molecule has 1 heterocycles. The van der Waals surface area contributed by atoms with Crippen molar-refractivity contribution in [2.75, 3.05) is 43.4 Å². The first kappa shape index (κ1) is 21.6. The summed E-state index contributed by atoms with van der Waals surface area (Å²) in [6.07, 6.45) is 0. The Bertz CT molecular complexity index is 858. The van der Waals surface area contributed by atoms with E-state index in [0.29, 0.717) is 17.8 Å². The minimum Gasteiger partial charge on any atom is -0.369 e. The molecule has 0 atom stereocenters. The normalized spacial score (nSPS) is 14.5. The maximum atomic E-state index is 12.6. The number of carbonyl (C=O) groups excluding carboxylic acids is 2. The second-order valence-electron chi connectivity index (χ2n) is 7.93. The van der Waals surface area contributed by atoms with Gasteiger partial charge in [-0.05, 0) is 56.8 Å². The maximum absolute atomic E-state index is 12.6. The van der Waals surface area contributed by atoms with Crippen LogP contribution in [0.15, 0.2) is 48.5 Å². The number of nitrogens with one attached hydrogen (secondary N) is 3. The van der Waals surface area contributed by atoms with Crippen molar-refractivity contribution in [1.29, 1.82) is 0 Å². The molecule has 7 nitrogen and oxygen atoms in total. The van der Waals surface area contributed by atoms with Crippen molar-refractivity contribution in [1.82, 2.24) is 15.5 Å². The molecule has 0 unspecified atom stereocenters. The van der Waals surface area contributed by atoms with Gasteiger partial charge >= 0.3 is 6.03 Å². The maximum Gasteiger partial charge on any atom is 0.319 e. The first-order valence-electron chi connectivity index (χ1n) is 10.4. The van der Waals surface area contributed by atoms with Crippen molar-refractivity contribution < 1.29 is 9.59 Å². The minimum atomic E-state index is -0.261. The van der Waals surface area contributed by atoms with Crippen molar-refractivity contribution in [3.8, 4) is 0 Å². The number of para-hydroxylation sites is 1. The molecule has 7 heteroatoms. The lowest BCUT2D eigenvalue weighted by Crippen LogP contribution is -2.45. The Morgan fingerprint density at radius 1 is 0.967 bits per heavy atom. The molecule has 2 aromatic carbocycles. The van der Waals surface area contributed by atoms with E-state index in [1.54, 1.807) is 24.3 Å². The molecule has 0 spiro atoms. The van der Waals surface area contributed by atoms with Gasteiger partial charge in [0.05, 0.1) is 0 Å². The van der Waals surface area contributed by atoms with Crippen molar-refractivity contribution in [3.05, 3.63) is 59.7 Å². The van der Waals surface area contributed by atoms with Gasteiger partial charge in [0.1, 0.15) is 0 Å². The van der Waals surface area contributed by atoms with Crippen LogP contribution in [0.1, 0.15) is 29.8 Å². The van der Waals surface area contributed by atoms with Crippen molar-refractivity contribution in [2.24, 2.45) is 0 Å². The van der Waals surface area contributed by atoms with E-state index in [2.05, 4.69) is 44.9 Å². The Balaban J connectivity index is 1.58. The number of anilines is 2. The van der Waals surface area contributed by atoms with Crippen LogP contribution in [-0.4, -0.2) is 56.1 Å². The number of amides is 3. The van der Waals surface area contributed by atoms with Gasteiger partial charge in [-0.1, -0.05) is 18.2 Å². The fraction of sp³-hybridized carbons (Fsp3) is 0.391. The number of hydrogen-bond donors (Lipinski definition) is 3. The Labute approximate surface area is 178 Å². The van der Waals surface area contributed by atoms with Crippen LogP contribution in [-0.2, 0) is 6.54 Å². The highest BCUT2D eigenvalue weighted by Gasteiger charge is 2.17. The van der Waals surface area contributed by atoms with E-state index in [9.17, 15) is 9.59 Å². The predicted octanol–water partition coefficient (Wildman–Crippen LogP) is 2.90. The van der Waals surface area contributed by atoms with E-state index >= 15 is 0 Å². The van der Waals surface area contributed by atoms with Crippen LogP contribution in [0.4, 0.5) is 16.2 Å². The van der Waals surface area contributed by atoms with E-state index in [0.717, 1.165) is 31.7 Å². The van der Waals surface area contributed by atoms with Crippen LogP contribution >= 0.6 is 0 Å². The molecule has 160 valence electrons. The summed E-state index contributed by atoms with van der Waals surface area (Å²) in [6, 6.07) is 14.9. The van der Waals surface area contributed by atoms with Crippen molar-refractivity contribution in [2.45, 2.75) is 26.4 Å². The summed E-state index contributed by atoms with van der Waals surface area (Å²) in [6.45, 7) is 8.31. The quantitative estimate of drug-likeness (QED) is 0.686. The van der Waals surface area contributed by atoms with Crippen LogP contribution in [0.25, 0.3) is 0 Å². The molecule has 3 rings (SSSR count). The topological polar surface area (TPSA) is 76.7 Å². The number of hydrogen-bond acceptors (Lipinski definition) is 4. The lowest BCUT2D eigenvalue weighted by atomic mass is 10.1. The Kier molecular flexibility index (Phi) is 7.30. The molecule has 3 amide bonds. The molecule has 0 aliphatic carbocycles. The van der Waals surface area contributed by atoms with E-state index in [4.69, 9.17) is 0 Å². The smallest absolute Gasteiger partial charge is 0.319 e. The number of carbonyl (C=O) groups is 2. The molecule has 3 N–H and O–H groups in total. The van der Waals surface area contributed by atoms with Gasteiger partial charge in [-0.15, -0.1) is 0 Å². The Morgan fingerprint density at radius 2 is 1.63 bits per heavy atom. The summed E-state index contributed by atoms with van der Waals surface area (Å²) in [5.74, 6) is -0.138. The van der Waals surface area contributed by atoms with Gasteiger partial charge in [-0.2, -0.15) is 0 Å². The second kappa shape index (κ2) is 10.1. The molecular weight excluding hydrogens is 378 g/mol. The van der Waals surface area contributed by atoms with Gasteiger partial charge in [-0.3, -0.25) is 4.79 Å². The minimum absolute atomic E-state index is 0.0591. The van der Waals surface area contributed by atoms with Gasteiger partial charge < -0.3 is 25.8 Å². The monoisotopic (exact) mass is 409 g/mol. The van der Waals surface area contributed by atoms with Crippen molar-refractivity contribution >= 4 is 23.3 Å². The zero-order chi connectivity index (χ0) is 21.5. The molecule has 30 heavy (non-hydrogen) atoms. The number of rotatable bonds is 6. The SMILES string of the molecule is CC(C)NC(=O)Nc1ccc(C(=O)NCc2ccccc2N2CCN(C)CC2)cc1. The third-order valence-electron chi connectivity index (χ3n) is 5.10. The Morgan fingerprint density at radius 3 is 2.30 bits per heavy atom. The number of benzene rings is 2. The summed E-state index contributed by atoms with van der Waals surface area (Å²) < 4.78 is 0. The molecule has 1 saturated heterocycles. The molecule has 1 aliphatic rings. The van der Waals surface area contributed by atoms with E-state index in [1.807, 2.05) is 26.0 Å². The highest BCUT2D eigenvalue weighted by Crippen LogP contribution is 2.22. The third-order valence-corrected chi connectivity index (χ3v) is 5.10. The number of nitrogens with zero attached hydrogens (tertiary/aromatic N) is 2. The average molecular weight is 410 g/mol. The largest absolute Gasteiger partial charge is 0.369 e. The van der Waals surface area contributed by atoms with Crippen LogP contribution in [0.3, 0.4) is 0 Å². The lowest BCUT2D eigenvalue weighted by molar-refractivity contribution is 0.0951. The second-order valence-corrected chi connectivity index (χ2v) is 7.93. The van der Waals surface area contributed by atoms with Gasteiger partial charge in [-0.25, -0.2) is 4.79 Å².